The van der Waals surface area contributed by atoms with Crippen molar-refractivity contribution in [2.75, 3.05) is 0 Å². The van der Waals surface area contributed by atoms with Gasteiger partial charge in [0.05, 0.1) is 33.1 Å². The summed E-state index contributed by atoms with van der Waals surface area (Å²) in [6.07, 6.45) is 0. The molecule has 0 radical (unpaired) electrons. The van der Waals surface area contributed by atoms with Crippen LogP contribution in [0.25, 0.3) is 33.8 Å². The highest BCUT2D eigenvalue weighted by Gasteiger charge is 2.22. The van der Waals surface area contributed by atoms with Gasteiger partial charge in [-0.05, 0) is 54.1 Å². The van der Waals surface area contributed by atoms with Gasteiger partial charge in [-0.1, -0.05) is 30.3 Å². The third kappa shape index (κ3) is 8.40. The summed E-state index contributed by atoms with van der Waals surface area (Å²) in [6.45, 7) is 0. The SMILES string of the molecule is O=S(=O)(O)c1ccc(-c2cc(-c3ccccc3)cc(-c3ccc(S(=O)(=O)O)cc3)[o+]2)cc1.[O-][Cl+3]([O-])([O-])[O-]. The molecule has 0 aliphatic heterocycles. The van der Waals surface area contributed by atoms with Crippen LogP contribution in [0.3, 0.4) is 0 Å². The number of hydrogen-bond donors (Lipinski definition) is 2. The minimum Gasteiger partial charge on any atom is -0.282 e. The lowest BCUT2D eigenvalue weighted by atomic mass is 10.0. The Morgan fingerprint density at radius 1 is 0.541 bits per heavy atom. The predicted molar refractivity (Wildman–Crippen MR) is 119 cm³/mol. The molecule has 0 amide bonds. The third-order valence-electron chi connectivity index (χ3n) is 4.77. The fraction of sp³-hybridized carbons (Fsp3) is 0. The third-order valence-corrected chi connectivity index (χ3v) is 6.51. The molecular formula is C23H17ClO11S2. The van der Waals surface area contributed by atoms with Gasteiger partial charge < -0.3 is 0 Å². The van der Waals surface area contributed by atoms with Crippen LogP contribution in [-0.4, -0.2) is 25.9 Å². The Morgan fingerprint density at radius 3 is 1.22 bits per heavy atom. The summed E-state index contributed by atoms with van der Waals surface area (Å²) in [5.41, 5.74) is 2.88. The molecule has 0 saturated heterocycles. The molecule has 0 fully saturated rings. The maximum atomic E-state index is 11.3. The summed E-state index contributed by atoms with van der Waals surface area (Å²) < 4.78 is 104. The maximum absolute atomic E-state index is 11.3. The van der Waals surface area contributed by atoms with E-state index < -0.39 is 30.5 Å². The number of hydrogen-bond acceptors (Lipinski definition) is 8. The second-order valence-corrected chi connectivity index (χ2v) is 10.9. The van der Waals surface area contributed by atoms with Crippen molar-refractivity contribution in [1.29, 1.82) is 0 Å². The van der Waals surface area contributed by atoms with Crippen LogP contribution in [-0.2, 0) is 20.2 Å². The number of halogens is 1. The molecule has 4 rings (SSSR count). The van der Waals surface area contributed by atoms with Gasteiger partial charge in [-0.3, -0.25) is 9.11 Å². The molecule has 0 atom stereocenters. The van der Waals surface area contributed by atoms with Crippen LogP contribution >= 0.6 is 0 Å². The van der Waals surface area contributed by atoms with E-state index >= 15 is 0 Å². The molecule has 0 unspecified atom stereocenters. The summed E-state index contributed by atoms with van der Waals surface area (Å²) in [5.74, 6) is 0.865. The molecule has 1 heterocycles. The van der Waals surface area contributed by atoms with Gasteiger partial charge in [0.25, 0.3) is 20.2 Å². The summed E-state index contributed by atoms with van der Waals surface area (Å²) in [7, 11) is -13.6. The van der Waals surface area contributed by atoms with Crippen LogP contribution in [0.4, 0.5) is 0 Å². The molecule has 37 heavy (non-hydrogen) atoms. The van der Waals surface area contributed by atoms with Gasteiger partial charge >= 0.3 is 11.5 Å². The second kappa shape index (κ2) is 11.0. The van der Waals surface area contributed by atoms with Crippen LogP contribution < -0.4 is 18.6 Å². The lowest BCUT2D eigenvalue weighted by molar-refractivity contribution is -2.00. The van der Waals surface area contributed by atoms with E-state index in [1.54, 1.807) is 12.1 Å². The summed E-state index contributed by atoms with van der Waals surface area (Å²) >= 11 is 0. The van der Waals surface area contributed by atoms with E-state index in [1.165, 1.54) is 48.5 Å². The van der Waals surface area contributed by atoms with E-state index in [0.29, 0.717) is 22.6 Å². The van der Waals surface area contributed by atoms with Crippen LogP contribution in [0.5, 0.6) is 0 Å². The average molecular weight is 569 g/mol. The first kappa shape index (κ1) is 28.3. The molecule has 0 aliphatic rings. The molecule has 0 aliphatic carbocycles. The zero-order valence-corrected chi connectivity index (χ0v) is 20.8. The van der Waals surface area contributed by atoms with Crippen LogP contribution in [0.2, 0.25) is 0 Å². The van der Waals surface area contributed by atoms with Crippen LogP contribution in [0.1, 0.15) is 0 Å². The summed E-state index contributed by atoms with van der Waals surface area (Å²) in [5, 5.41) is 0. The quantitative estimate of drug-likeness (QED) is 0.246. The van der Waals surface area contributed by atoms with Gasteiger partial charge in [0.15, 0.2) is 0 Å². The highest BCUT2D eigenvalue weighted by Crippen LogP contribution is 2.33. The first-order valence-electron chi connectivity index (χ1n) is 9.92. The van der Waals surface area contributed by atoms with Crippen molar-refractivity contribution in [3.63, 3.8) is 0 Å². The molecule has 194 valence electrons. The van der Waals surface area contributed by atoms with Crippen LogP contribution in [0.15, 0.2) is 105 Å². The topological polar surface area (TPSA) is 212 Å². The fourth-order valence-electron chi connectivity index (χ4n) is 3.17. The van der Waals surface area contributed by atoms with E-state index in [1.807, 2.05) is 30.3 Å². The maximum Gasteiger partial charge on any atom is 0.361 e. The van der Waals surface area contributed by atoms with E-state index in [4.69, 9.17) is 23.1 Å². The van der Waals surface area contributed by atoms with E-state index in [9.17, 15) is 25.9 Å². The van der Waals surface area contributed by atoms with Crippen molar-refractivity contribution in [2.45, 2.75) is 9.79 Å². The van der Waals surface area contributed by atoms with Crippen LogP contribution in [0, 0.1) is 10.2 Å². The van der Waals surface area contributed by atoms with E-state index in [0.717, 1.165) is 11.1 Å². The molecule has 11 nitrogen and oxygen atoms in total. The second-order valence-electron chi connectivity index (χ2n) is 7.32. The average Bonchev–Trinajstić information content (AvgIpc) is 2.82. The van der Waals surface area contributed by atoms with Crippen molar-refractivity contribution >= 4 is 20.2 Å². The highest BCUT2D eigenvalue weighted by molar-refractivity contribution is 7.86. The minimum absolute atomic E-state index is 0.235. The number of benzene rings is 3. The van der Waals surface area contributed by atoms with Crippen molar-refractivity contribution < 1.29 is 59.2 Å². The first-order valence-corrected chi connectivity index (χ1v) is 14.0. The smallest absolute Gasteiger partial charge is 0.282 e. The normalized spacial score (nSPS) is 11.9. The molecule has 3 aromatic carbocycles. The first-order chi connectivity index (χ1) is 17.1. The largest absolute Gasteiger partial charge is 0.361 e. The summed E-state index contributed by atoms with van der Waals surface area (Å²) in [4.78, 5) is -0.469. The Kier molecular flexibility index (Phi) is 8.44. The van der Waals surface area contributed by atoms with Gasteiger partial charge in [-0.25, -0.2) is 23.1 Å². The van der Waals surface area contributed by atoms with Gasteiger partial charge in [-0.15, -0.1) is 10.2 Å². The molecular weight excluding hydrogens is 552 g/mol. The molecule has 0 spiro atoms. The van der Waals surface area contributed by atoms with Gasteiger partial charge in [0.2, 0.25) is 0 Å². The standard InChI is InChI=1S/C23H16O7S2.ClHO4/c24-31(25,26)20-10-6-17(7-11-20)22-14-19(16-4-2-1-3-5-16)15-23(30-22)18-8-12-21(13-9-18)32(27,28)29;2-1(3,4)5/h1-15H,(H-,24,25,26,27,28,29);(H,2,3,4,5). The van der Waals surface area contributed by atoms with E-state index in [2.05, 4.69) is 0 Å². The zero-order valence-electron chi connectivity index (χ0n) is 18.4. The predicted octanol–water partition coefficient (Wildman–Crippen LogP) is 0.299. The lowest BCUT2D eigenvalue weighted by Crippen LogP contribution is -2.68. The van der Waals surface area contributed by atoms with Crippen molar-refractivity contribution in [1.82, 2.24) is 0 Å². The number of rotatable bonds is 5. The van der Waals surface area contributed by atoms with Crippen molar-refractivity contribution in [3.05, 3.63) is 91.0 Å². The van der Waals surface area contributed by atoms with E-state index in [-0.39, 0.29) is 9.79 Å². The molecule has 0 saturated carbocycles. The van der Waals surface area contributed by atoms with Crippen molar-refractivity contribution in [2.24, 2.45) is 0 Å². The van der Waals surface area contributed by atoms with Gasteiger partial charge in [0.1, 0.15) is 0 Å². The highest BCUT2D eigenvalue weighted by atomic mass is 35.7. The zero-order chi connectivity index (χ0) is 27.4. The monoisotopic (exact) mass is 568 g/mol. The molecule has 4 aromatic rings. The Balaban J connectivity index is 0.000000695. The molecule has 14 heteroatoms. The van der Waals surface area contributed by atoms with Crippen molar-refractivity contribution in [3.8, 4) is 33.8 Å². The Bertz CT molecular complexity index is 1480. The summed E-state index contributed by atoms with van der Waals surface area (Å²) in [6, 6.07) is 24.3. The fourth-order valence-corrected chi connectivity index (χ4v) is 4.13. The lowest BCUT2D eigenvalue weighted by Gasteiger charge is -2.17. The Labute approximate surface area is 213 Å². The molecule has 1 aromatic heterocycles. The van der Waals surface area contributed by atoms with Gasteiger partial charge in [-0.2, -0.15) is 16.8 Å². The minimum atomic E-state index is -4.94. The molecule has 0 bridgehead atoms. The Hall–Kier alpha value is -3.24. The van der Waals surface area contributed by atoms with Gasteiger partial charge in [0, 0.05) is 5.56 Å². The Morgan fingerprint density at radius 2 is 0.892 bits per heavy atom. The molecule has 2 N–H and O–H groups in total.